The van der Waals surface area contributed by atoms with Crippen molar-refractivity contribution >= 4 is 22.9 Å². The summed E-state index contributed by atoms with van der Waals surface area (Å²) in [4.78, 5) is 26.6. The normalized spacial score (nSPS) is 15.4. The molecule has 0 radical (unpaired) electrons. The summed E-state index contributed by atoms with van der Waals surface area (Å²) in [6.07, 6.45) is 1.08. The predicted molar refractivity (Wildman–Crippen MR) is 97.7 cm³/mol. The zero-order valence-electron chi connectivity index (χ0n) is 14.1. The minimum Gasteiger partial charge on any atom is -0.354 e. The van der Waals surface area contributed by atoms with Crippen LogP contribution in [0, 0.1) is 10.1 Å². The highest BCUT2D eigenvalue weighted by Gasteiger charge is 2.22. The van der Waals surface area contributed by atoms with Gasteiger partial charge in [0.1, 0.15) is 0 Å². The number of rotatable bonds is 6. The van der Waals surface area contributed by atoms with Crippen molar-refractivity contribution in [1.82, 2.24) is 10.2 Å². The number of para-hydroxylation sites is 1. The van der Waals surface area contributed by atoms with Gasteiger partial charge in [-0.1, -0.05) is 18.2 Å². The molecule has 1 aliphatic rings. The molecule has 1 atom stereocenters. The number of carbonyl (C=O) groups excluding carboxylic acids is 1. The van der Waals surface area contributed by atoms with Crippen molar-refractivity contribution in [2.45, 2.75) is 32.4 Å². The molecule has 6 nitrogen and oxygen atoms in total. The molecule has 0 saturated heterocycles. The number of hydrogen-bond acceptors (Lipinski definition) is 5. The second kappa shape index (κ2) is 7.76. The molecule has 0 fully saturated rings. The quantitative estimate of drug-likeness (QED) is 0.636. The first-order valence-electron chi connectivity index (χ1n) is 8.33. The summed E-state index contributed by atoms with van der Waals surface area (Å²) in [5.74, 6) is -0.186. The van der Waals surface area contributed by atoms with Gasteiger partial charge in [0.25, 0.3) is 5.69 Å². The van der Waals surface area contributed by atoms with Crippen LogP contribution in [0.3, 0.4) is 0 Å². The van der Waals surface area contributed by atoms with Gasteiger partial charge in [-0.15, -0.1) is 11.3 Å². The molecule has 25 heavy (non-hydrogen) atoms. The van der Waals surface area contributed by atoms with E-state index in [0.29, 0.717) is 12.1 Å². The highest BCUT2D eigenvalue weighted by atomic mass is 32.1. The fraction of sp³-hybridized carbons (Fsp3) is 0.389. The summed E-state index contributed by atoms with van der Waals surface area (Å²) in [6, 6.07) is 8.77. The lowest BCUT2D eigenvalue weighted by Crippen LogP contribution is -2.44. The molecule has 2 heterocycles. The highest BCUT2D eigenvalue weighted by molar-refractivity contribution is 7.10. The third-order valence-corrected chi connectivity index (χ3v) is 5.62. The van der Waals surface area contributed by atoms with E-state index < -0.39 is 4.92 Å². The zero-order chi connectivity index (χ0) is 17.8. The topological polar surface area (TPSA) is 75.5 Å². The van der Waals surface area contributed by atoms with Crippen molar-refractivity contribution in [3.63, 3.8) is 0 Å². The summed E-state index contributed by atoms with van der Waals surface area (Å²) in [7, 11) is 0. The first-order valence-corrected chi connectivity index (χ1v) is 9.21. The smallest absolute Gasteiger partial charge is 0.273 e. The van der Waals surface area contributed by atoms with Gasteiger partial charge in [-0.2, -0.15) is 0 Å². The number of benzene rings is 1. The number of nitro groups is 1. The van der Waals surface area contributed by atoms with E-state index in [1.54, 1.807) is 18.2 Å². The van der Waals surface area contributed by atoms with E-state index in [0.717, 1.165) is 19.5 Å². The summed E-state index contributed by atoms with van der Waals surface area (Å²) in [5, 5.41) is 16.1. The molecule has 1 N–H and O–H groups in total. The number of nitrogens with one attached hydrogen (secondary N) is 1. The minimum atomic E-state index is -0.447. The lowest BCUT2D eigenvalue weighted by Gasteiger charge is -2.32. The van der Waals surface area contributed by atoms with Crippen molar-refractivity contribution in [3.8, 4) is 0 Å². The van der Waals surface area contributed by atoms with Gasteiger partial charge in [0, 0.05) is 42.2 Å². The van der Waals surface area contributed by atoms with E-state index in [1.165, 1.54) is 16.5 Å². The van der Waals surface area contributed by atoms with E-state index in [2.05, 4.69) is 28.6 Å². The first kappa shape index (κ1) is 17.6. The van der Waals surface area contributed by atoms with Crippen molar-refractivity contribution in [2.24, 2.45) is 0 Å². The van der Waals surface area contributed by atoms with Crippen molar-refractivity contribution in [3.05, 3.63) is 61.8 Å². The summed E-state index contributed by atoms with van der Waals surface area (Å²) in [6.45, 7) is 4.55. The van der Waals surface area contributed by atoms with Crippen molar-refractivity contribution in [1.29, 1.82) is 0 Å². The van der Waals surface area contributed by atoms with E-state index in [1.807, 2.05) is 11.3 Å². The third kappa shape index (κ3) is 4.24. The molecule has 0 saturated carbocycles. The van der Waals surface area contributed by atoms with Crippen LogP contribution in [0.4, 0.5) is 5.69 Å². The molecular formula is C18H21N3O3S. The lowest BCUT2D eigenvalue weighted by molar-refractivity contribution is -0.385. The fourth-order valence-electron chi connectivity index (χ4n) is 3.11. The zero-order valence-corrected chi connectivity index (χ0v) is 14.9. The Morgan fingerprint density at radius 1 is 1.40 bits per heavy atom. The van der Waals surface area contributed by atoms with E-state index >= 15 is 0 Å². The second-order valence-corrected chi connectivity index (χ2v) is 7.31. The number of hydrogen-bond donors (Lipinski definition) is 1. The molecule has 0 bridgehead atoms. The molecule has 0 spiro atoms. The van der Waals surface area contributed by atoms with Gasteiger partial charge in [0.05, 0.1) is 11.3 Å². The average Bonchev–Trinajstić information content (AvgIpc) is 3.07. The van der Waals surface area contributed by atoms with Crippen LogP contribution in [0.5, 0.6) is 0 Å². The molecule has 1 amide bonds. The van der Waals surface area contributed by atoms with Gasteiger partial charge in [-0.05, 0) is 30.4 Å². The van der Waals surface area contributed by atoms with Crippen LogP contribution in [0.25, 0.3) is 0 Å². The molecule has 0 aliphatic carbocycles. The van der Waals surface area contributed by atoms with Crippen LogP contribution in [-0.4, -0.2) is 34.9 Å². The lowest BCUT2D eigenvalue weighted by atomic mass is 10.1. The van der Waals surface area contributed by atoms with Crippen LogP contribution in [0.15, 0.2) is 35.7 Å². The maximum Gasteiger partial charge on any atom is 0.273 e. The van der Waals surface area contributed by atoms with Crippen molar-refractivity contribution < 1.29 is 9.72 Å². The minimum absolute atomic E-state index is 0.00767. The third-order valence-electron chi connectivity index (χ3n) is 4.59. The standard InChI is InChI=1S/C18H21N3O3S/c1-13(20-8-6-17-15(12-20)7-9-25-17)11-19-18(22)10-14-4-2-3-5-16(14)21(23)24/h2-5,7,9,13H,6,8,10-12H2,1H3,(H,19,22). The SMILES string of the molecule is CC(CNC(=O)Cc1ccccc1[N+](=O)[O-])N1CCc2sccc2C1. The number of nitro benzene ring substituents is 1. The first-order chi connectivity index (χ1) is 12.0. The van der Waals surface area contributed by atoms with Gasteiger partial charge in [-0.25, -0.2) is 0 Å². The number of nitrogens with zero attached hydrogens (tertiary/aromatic N) is 2. The van der Waals surface area contributed by atoms with E-state index in [-0.39, 0.29) is 24.1 Å². The van der Waals surface area contributed by atoms with Crippen LogP contribution in [-0.2, 0) is 24.2 Å². The Labute approximate surface area is 150 Å². The molecule has 132 valence electrons. The monoisotopic (exact) mass is 359 g/mol. The van der Waals surface area contributed by atoms with Gasteiger partial charge in [0.15, 0.2) is 0 Å². The second-order valence-electron chi connectivity index (χ2n) is 6.31. The van der Waals surface area contributed by atoms with Gasteiger partial charge >= 0.3 is 0 Å². The van der Waals surface area contributed by atoms with Crippen LogP contribution >= 0.6 is 11.3 Å². The maximum absolute atomic E-state index is 12.2. The molecule has 1 aliphatic heterocycles. The van der Waals surface area contributed by atoms with E-state index in [9.17, 15) is 14.9 Å². The maximum atomic E-state index is 12.2. The largest absolute Gasteiger partial charge is 0.354 e. The molecule has 2 aromatic rings. The number of carbonyl (C=O) groups is 1. The Hall–Kier alpha value is -2.25. The summed E-state index contributed by atoms with van der Waals surface area (Å²) >= 11 is 1.81. The molecular weight excluding hydrogens is 338 g/mol. The van der Waals surface area contributed by atoms with Gasteiger partial charge in [0.2, 0.25) is 5.91 Å². The number of amides is 1. The van der Waals surface area contributed by atoms with Crippen LogP contribution in [0.2, 0.25) is 0 Å². The highest BCUT2D eigenvalue weighted by Crippen LogP contribution is 2.25. The molecule has 1 unspecified atom stereocenters. The Kier molecular flexibility index (Phi) is 5.45. The van der Waals surface area contributed by atoms with Gasteiger partial charge < -0.3 is 5.32 Å². The molecule has 7 heteroatoms. The predicted octanol–water partition coefficient (Wildman–Crippen LogP) is 2.76. The van der Waals surface area contributed by atoms with Crippen LogP contribution < -0.4 is 5.32 Å². The van der Waals surface area contributed by atoms with Crippen molar-refractivity contribution in [2.75, 3.05) is 13.1 Å². The Bertz CT molecular complexity index is 774. The summed E-state index contributed by atoms with van der Waals surface area (Å²) in [5.41, 5.74) is 1.82. The molecule has 1 aromatic carbocycles. The molecule has 1 aromatic heterocycles. The van der Waals surface area contributed by atoms with Gasteiger partial charge in [-0.3, -0.25) is 19.8 Å². The summed E-state index contributed by atoms with van der Waals surface area (Å²) < 4.78 is 0. The van der Waals surface area contributed by atoms with Crippen LogP contribution in [0.1, 0.15) is 22.9 Å². The Morgan fingerprint density at radius 2 is 2.20 bits per heavy atom. The average molecular weight is 359 g/mol. The number of fused-ring (bicyclic) bond motifs is 1. The Morgan fingerprint density at radius 3 is 3.00 bits per heavy atom. The fourth-order valence-corrected chi connectivity index (χ4v) is 4.00. The number of thiophene rings is 1. The molecule has 3 rings (SSSR count). The van der Waals surface area contributed by atoms with E-state index in [4.69, 9.17) is 0 Å². The Balaban J connectivity index is 1.52.